The lowest BCUT2D eigenvalue weighted by molar-refractivity contribution is -0.123. The molecular formula is C12H14FN3O2. The van der Waals surface area contributed by atoms with Crippen LogP contribution >= 0.6 is 0 Å². The Balaban J connectivity index is 2.04. The van der Waals surface area contributed by atoms with Crippen LogP contribution in [0.3, 0.4) is 0 Å². The van der Waals surface area contributed by atoms with Gasteiger partial charge in [-0.2, -0.15) is 0 Å². The summed E-state index contributed by atoms with van der Waals surface area (Å²) in [5, 5.41) is 5.31. The Morgan fingerprint density at radius 2 is 2.28 bits per heavy atom. The molecule has 2 N–H and O–H groups in total. The van der Waals surface area contributed by atoms with Gasteiger partial charge in [-0.1, -0.05) is 0 Å². The van der Waals surface area contributed by atoms with Crippen LogP contribution in [0.5, 0.6) is 0 Å². The highest BCUT2D eigenvalue weighted by atomic mass is 19.1. The number of rotatable bonds is 1. The Hall–Kier alpha value is -2.11. The van der Waals surface area contributed by atoms with E-state index >= 15 is 0 Å². The lowest BCUT2D eigenvalue weighted by Gasteiger charge is -2.27. The predicted molar refractivity (Wildman–Crippen MR) is 64.7 cm³/mol. The minimum absolute atomic E-state index is 0.0477. The first-order valence-electron chi connectivity index (χ1n) is 5.65. The van der Waals surface area contributed by atoms with Crippen LogP contribution in [0.15, 0.2) is 18.2 Å². The van der Waals surface area contributed by atoms with Crippen LogP contribution in [-0.2, 0) is 4.79 Å². The van der Waals surface area contributed by atoms with Crippen molar-refractivity contribution in [2.24, 2.45) is 0 Å². The van der Waals surface area contributed by atoms with Crippen LogP contribution in [0.1, 0.15) is 5.56 Å². The molecule has 0 bridgehead atoms. The smallest absolute Gasteiger partial charge is 0.322 e. The molecule has 0 atom stereocenters. The Labute approximate surface area is 104 Å². The van der Waals surface area contributed by atoms with Gasteiger partial charge in [-0.25, -0.2) is 9.18 Å². The molecule has 1 fully saturated rings. The number of aryl methyl sites for hydroxylation is 1. The molecule has 96 valence electrons. The van der Waals surface area contributed by atoms with Gasteiger partial charge in [0.25, 0.3) is 0 Å². The Kier molecular flexibility index (Phi) is 3.45. The molecule has 18 heavy (non-hydrogen) atoms. The first-order valence-corrected chi connectivity index (χ1v) is 5.65. The lowest BCUT2D eigenvalue weighted by atomic mass is 10.2. The van der Waals surface area contributed by atoms with Gasteiger partial charge in [-0.3, -0.25) is 4.79 Å². The number of piperazine rings is 1. The molecule has 0 unspecified atom stereocenters. The number of amides is 3. The summed E-state index contributed by atoms with van der Waals surface area (Å²) >= 11 is 0. The maximum absolute atomic E-state index is 12.9. The van der Waals surface area contributed by atoms with Crippen molar-refractivity contribution in [1.29, 1.82) is 0 Å². The summed E-state index contributed by atoms with van der Waals surface area (Å²) in [4.78, 5) is 24.5. The van der Waals surface area contributed by atoms with E-state index in [4.69, 9.17) is 0 Å². The number of benzene rings is 1. The van der Waals surface area contributed by atoms with Crippen molar-refractivity contribution in [3.63, 3.8) is 0 Å². The van der Waals surface area contributed by atoms with Crippen molar-refractivity contribution in [1.82, 2.24) is 10.2 Å². The fraction of sp³-hybridized carbons (Fsp3) is 0.333. The number of carbonyl (C=O) groups is 2. The summed E-state index contributed by atoms with van der Waals surface area (Å²) in [7, 11) is 0. The zero-order valence-corrected chi connectivity index (χ0v) is 10.00. The molecule has 2 rings (SSSR count). The van der Waals surface area contributed by atoms with Crippen LogP contribution in [0.25, 0.3) is 0 Å². The van der Waals surface area contributed by atoms with Crippen molar-refractivity contribution in [2.45, 2.75) is 6.92 Å². The van der Waals surface area contributed by atoms with Crippen LogP contribution in [-0.4, -0.2) is 36.5 Å². The van der Waals surface area contributed by atoms with Crippen LogP contribution < -0.4 is 10.6 Å². The molecular weight excluding hydrogens is 237 g/mol. The van der Waals surface area contributed by atoms with Gasteiger partial charge in [0.1, 0.15) is 12.4 Å². The van der Waals surface area contributed by atoms with Gasteiger partial charge in [-0.15, -0.1) is 0 Å². The summed E-state index contributed by atoms with van der Waals surface area (Å²) in [6.45, 7) is 2.68. The zero-order valence-electron chi connectivity index (χ0n) is 10.00. The summed E-state index contributed by atoms with van der Waals surface area (Å²) in [5.41, 5.74) is 1.19. The van der Waals surface area contributed by atoms with Gasteiger partial charge >= 0.3 is 6.03 Å². The Bertz CT molecular complexity index is 490. The molecule has 1 aromatic carbocycles. The maximum atomic E-state index is 12.9. The second-order valence-corrected chi connectivity index (χ2v) is 4.16. The number of nitrogens with one attached hydrogen (secondary N) is 2. The number of anilines is 1. The van der Waals surface area contributed by atoms with Crippen LogP contribution in [0.4, 0.5) is 14.9 Å². The number of carbonyl (C=O) groups excluding carboxylic acids is 2. The number of hydrogen-bond donors (Lipinski definition) is 2. The van der Waals surface area contributed by atoms with Crippen molar-refractivity contribution in [3.8, 4) is 0 Å². The predicted octanol–water partition coefficient (Wildman–Crippen LogP) is 1.10. The molecule has 0 spiro atoms. The van der Waals surface area contributed by atoms with Crippen LogP contribution in [0, 0.1) is 12.7 Å². The van der Waals surface area contributed by atoms with E-state index in [1.807, 2.05) is 0 Å². The fourth-order valence-corrected chi connectivity index (χ4v) is 1.77. The normalized spacial score (nSPS) is 15.2. The number of halogens is 1. The van der Waals surface area contributed by atoms with Gasteiger partial charge in [0.2, 0.25) is 5.91 Å². The number of urea groups is 1. The highest BCUT2D eigenvalue weighted by Crippen LogP contribution is 2.16. The summed E-state index contributed by atoms with van der Waals surface area (Å²) in [6, 6.07) is 3.79. The fourth-order valence-electron chi connectivity index (χ4n) is 1.77. The Morgan fingerprint density at radius 3 is 2.94 bits per heavy atom. The summed E-state index contributed by atoms with van der Waals surface area (Å²) in [6.07, 6.45) is 0. The average molecular weight is 251 g/mol. The van der Waals surface area contributed by atoms with Crippen molar-refractivity contribution in [3.05, 3.63) is 29.6 Å². The standard InChI is InChI=1S/C12H14FN3O2/c1-8-6-9(13)2-3-10(8)15-12(18)16-5-4-14-11(17)7-16/h2-3,6H,4-5,7H2,1H3,(H,14,17)(H,15,18). The minimum atomic E-state index is -0.348. The maximum Gasteiger partial charge on any atom is 0.322 e. The Morgan fingerprint density at radius 1 is 1.50 bits per heavy atom. The lowest BCUT2D eigenvalue weighted by Crippen LogP contribution is -2.51. The average Bonchev–Trinajstić information content (AvgIpc) is 2.32. The van der Waals surface area contributed by atoms with Gasteiger partial charge < -0.3 is 15.5 Å². The third-order valence-corrected chi connectivity index (χ3v) is 2.76. The first kappa shape index (κ1) is 12.3. The van der Waals surface area contributed by atoms with Crippen LogP contribution in [0.2, 0.25) is 0 Å². The molecule has 0 aliphatic carbocycles. The van der Waals surface area contributed by atoms with E-state index in [2.05, 4.69) is 10.6 Å². The third kappa shape index (κ3) is 2.77. The monoisotopic (exact) mass is 251 g/mol. The molecule has 0 saturated carbocycles. The largest absolute Gasteiger partial charge is 0.353 e. The van der Waals surface area contributed by atoms with E-state index in [9.17, 15) is 14.0 Å². The molecule has 1 aliphatic heterocycles. The van der Waals surface area contributed by atoms with Crippen molar-refractivity contribution >= 4 is 17.6 Å². The molecule has 0 aromatic heterocycles. The second kappa shape index (κ2) is 5.03. The van der Waals surface area contributed by atoms with E-state index in [1.54, 1.807) is 6.92 Å². The van der Waals surface area contributed by atoms with Gasteiger partial charge in [-0.05, 0) is 30.7 Å². The van der Waals surface area contributed by atoms with Gasteiger partial charge in [0.15, 0.2) is 0 Å². The molecule has 6 heteroatoms. The number of nitrogens with zero attached hydrogens (tertiary/aromatic N) is 1. The summed E-state index contributed by atoms with van der Waals surface area (Å²) in [5.74, 6) is -0.518. The van der Waals surface area contributed by atoms with E-state index in [-0.39, 0.29) is 24.3 Å². The first-order chi connectivity index (χ1) is 8.56. The van der Waals surface area contributed by atoms with E-state index in [0.29, 0.717) is 24.3 Å². The molecule has 1 saturated heterocycles. The highest BCUT2D eigenvalue weighted by molar-refractivity contribution is 5.93. The third-order valence-electron chi connectivity index (χ3n) is 2.76. The molecule has 5 nitrogen and oxygen atoms in total. The highest BCUT2D eigenvalue weighted by Gasteiger charge is 2.21. The minimum Gasteiger partial charge on any atom is -0.353 e. The SMILES string of the molecule is Cc1cc(F)ccc1NC(=O)N1CCNC(=O)C1. The van der Waals surface area contributed by atoms with Gasteiger partial charge in [0.05, 0.1) is 0 Å². The van der Waals surface area contributed by atoms with E-state index in [1.165, 1.54) is 23.1 Å². The molecule has 0 radical (unpaired) electrons. The molecule has 3 amide bonds. The van der Waals surface area contributed by atoms with E-state index in [0.717, 1.165) is 0 Å². The second-order valence-electron chi connectivity index (χ2n) is 4.16. The van der Waals surface area contributed by atoms with E-state index < -0.39 is 0 Å². The molecule has 1 aliphatic rings. The molecule has 1 aromatic rings. The van der Waals surface area contributed by atoms with Crippen molar-refractivity contribution < 1.29 is 14.0 Å². The zero-order chi connectivity index (χ0) is 13.1. The topological polar surface area (TPSA) is 61.4 Å². The molecule has 1 heterocycles. The summed E-state index contributed by atoms with van der Waals surface area (Å²) < 4.78 is 12.9. The number of hydrogen-bond acceptors (Lipinski definition) is 2. The quantitative estimate of drug-likeness (QED) is 0.785. The van der Waals surface area contributed by atoms with Gasteiger partial charge in [0, 0.05) is 18.8 Å². The van der Waals surface area contributed by atoms with Crippen molar-refractivity contribution in [2.75, 3.05) is 25.0 Å².